The third-order valence-electron chi connectivity index (χ3n) is 13.2. The predicted octanol–water partition coefficient (Wildman–Crippen LogP) is 4.52. The molecule has 10 heteroatoms. The van der Waals surface area contributed by atoms with Gasteiger partial charge in [-0.2, -0.15) is 0 Å². The van der Waals surface area contributed by atoms with Gasteiger partial charge in [-0.15, -0.1) is 6.58 Å². The smallest absolute Gasteiger partial charge is 0.408 e. The second kappa shape index (κ2) is 12.9. The van der Waals surface area contributed by atoms with Crippen molar-refractivity contribution >= 4 is 29.6 Å². The number of nitrogens with one attached hydrogen (secondary N) is 3. The van der Waals surface area contributed by atoms with E-state index in [1.54, 1.807) is 4.90 Å². The monoisotopic (exact) mass is 640 g/mol. The number of ether oxygens (including phenoxy) is 1. The summed E-state index contributed by atoms with van der Waals surface area (Å²) in [7, 11) is 0. The van der Waals surface area contributed by atoms with Crippen LogP contribution in [0.4, 0.5) is 4.79 Å². The highest BCUT2D eigenvalue weighted by Crippen LogP contribution is 2.66. The minimum atomic E-state index is -0.991. The van der Waals surface area contributed by atoms with Crippen LogP contribution in [0.25, 0.3) is 0 Å². The molecule has 5 aliphatic rings. The summed E-state index contributed by atoms with van der Waals surface area (Å²) in [4.78, 5) is 69.2. The Kier molecular flexibility index (Phi) is 9.69. The van der Waals surface area contributed by atoms with Gasteiger partial charge in [-0.3, -0.25) is 19.2 Å². The van der Waals surface area contributed by atoms with Crippen LogP contribution in [0, 0.1) is 39.9 Å². The van der Waals surface area contributed by atoms with E-state index < -0.39 is 41.8 Å². The number of rotatable bonds is 12. The molecule has 10 nitrogen and oxygen atoms in total. The van der Waals surface area contributed by atoms with Crippen molar-refractivity contribution in [3.63, 3.8) is 0 Å². The van der Waals surface area contributed by atoms with Gasteiger partial charge in [-0.1, -0.05) is 73.3 Å². The second-order valence-corrected chi connectivity index (χ2v) is 16.1. The average molecular weight is 641 g/mol. The van der Waals surface area contributed by atoms with Crippen LogP contribution in [0.15, 0.2) is 12.7 Å². The summed E-state index contributed by atoms with van der Waals surface area (Å²) in [5.41, 5.74) is -0.148. The van der Waals surface area contributed by atoms with Crippen molar-refractivity contribution in [2.45, 2.75) is 130 Å². The van der Waals surface area contributed by atoms with E-state index in [1.165, 1.54) is 6.08 Å². The van der Waals surface area contributed by atoms with Crippen molar-refractivity contribution < 1.29 is 28.7 Å². The van der Waals surface area contributed by atoms with Gasteiger partial charge >= 0.3 is 6.09 Å². The summed E-state index contributed by atoms with van der Waals surface area (Å²) in [6.07, 6.45) is 9.36. The molecule has 0 aromatic rings. The number of Topliss-reactive ketones (excluding diaryl/α,β-unsaturated/α-hetero) is 1. The Morgan fingerprint density at radius 2 is 1.70 bits per heavy atom. The van der Waals surface area contributed by atoms with E-state index in [4.69, 9.17) is 4.74 Å². The molecule has 1 saturated heterocycles. The van der Waals surface area contributed by atoms with Gasteiger partial charge in [0.05, 0.1) is 6.04 Å². The van der Waals surface area contributed by atoms with Crippen LogP contribution in [-0.4, -0.2) is 71.8 Å². The maximum absolute atomic E-state index is 14.5. The molecule has 1 aliphatic heterocycles. The highest BCUT2D eigenvalue weighted by atomic mass is 16.6. The number of amides is 4. The number of alkyl carbamates (subject to hydrolysis) is 1. The molecule has 8 atom stereocenters. The fourth-order valence-corrected chi connectivity index (χ4v) is 9.66. The first-order chi connectivity index (χ1) is 21.7. The molecular weight excluding hydrogens is 584 g/mol. The third-order valence-corrected chi connectivity index (χ3v) is 13.2. The van der Waals surface area contributed by atoms with E-state index in [1.807, 2.05) is 6.92 Å². The lowest BCUT2D eigenvalue weighted by molar-refractivity contribution is -0.145. The van der Waals surface area contributed by atoms with Crippen molar-refractivity contribution in [1.82, 2.24) is 20.9 Å². The SMILES string of the molecule is C=CCNC(=O)C(=O)C(CCC)NC(=O)[C@@H]1[C@@H]2[C@H](CN1C(=O)C(NC(=O)OC1CC3CCC1(C)C3(C)C)C1CCCCC1)C2(C)C. The Labute approximate surface area is 274 Å². The summed E-state index contributed by atoms with van der Waals surface area (Å²) in [5.74, 6) is -1.61. The number of likely N-dealkylation sites (tertiary alicyclic amines) is 1. The zero-order chi connectivity index (χ0) is 33.6. The molecule has 1 heterocycles. The molecule has 5 unspecified atom stereocenters. The number of piperidine rings is 1. The molecule has 4 amide bonds. The van der Waals surface area contributed by atoms with Gasteiger partial charge in [0.25, 0.3) is 5.91 Å². The zero-order valence-corrected chi connectivity index (χ0v) is 28.8. The van der Waals surface area contributed by atoms with Crippen LogP contribution >= 0.6 is 0 Å². The first-order valence-corrected chi connectivity index (χ1v) is 17.7. The Hall–Kier alpha value is -2.91. The van der Waals surface area contributed by atoms with Crippen molar-refractivity contribution in [2.75, 3.05) is 13.1 Å². The molecular formula is C36H56N4O6. The summed E-state index contributed by atoms with van der Waals surface area (Å²) in [5, 5.41) is 8.38. The lowest BCUT2D eigenvalue weighted by Gasteiger charge is -2.39. The average Bonchev–Trinajstić information content (AvgIpc) is 3.28. The number of hydrogen-bond acceptors (Lipinski definition) is 6. The normalized spacial score (nSPS) is 33.3. The lowest BCUT2D eigenvalue weighted by atomic mass is 9.70. The van der Waals surface area contributed by atoms with Gasteiger partial charge in [0.1, 0.15) is 18.2 Å². The summed E-state index contributed by atoms with van der Waals surface area (Å²) < 4.78 is 6.13. The Morgan fingerprint density at radius 1 is 1.00 bits per heavy atom. The number of ketones is 1. The van der Waals surface area contributed by atoms with Crippen LogP contribution < -0.4 is 16.0 Å². The largest absolute Gasteiger partial charge is 0.446 e. The molecule has 0 aromatic carbocycles. The molecule has 46 heavy (non-hydrogen) atoms. The second-order valence-electron chi connectivity index (χ2n) is 16.1. The Bertz CT molecular complexity index is 1240. The molecule has 256 valence electrons. The third kappa shape index (κ3) is 5.98. The highest BCUT2D eigenvalue weighted by Gasteiger charge is 2.70. The van der Waals surface area contributed by atoms with Gasteiger partial charge in [0.15, 0.2) is 0 Å². The molecule has 2 bridgehead atoms. The standard InChI is InChI=1S/C36H56N4O6/c1-8-13-24(29(41)31(43)37-18-9-2)38-30(42)28-26-23(34(26,3)4)20-40(28)32(44)27(21-14-11-10-12-15-21)39-33(45)46-25-19-22-16-17-36(25,7)35(22,5)6/h9,21-28H,2,8,10-20H2,1,3-7H3,(H,37,43)(H,38,42)(H,39,45)/t22?,23-,24?,25?,26-,27?,28-,36?/m0/s1. The minimum Gasteiger partial charge on any atom is -0.446 e. The van der Waals surface area contributed by atoms with Crippen LogP contribution in [-0.2, 0) is 23.9 Å². The van der Waals surface area contributed by atoms with E-state index in [0.29, 0.717) is 25.3 Å². The molecule has 4 aliphatic carbocycles. The molecule has 5 rings (SSSR count). The molecule has 4 saturated carbocycles. The minimum absolute atomic E-state index is 0.0440. The number of hydrogen-bond donors (Lipinski definition) is 3. The number of carbonyl (C=O) groups is 5. The van der Waals surface area contributed by atoms with E-state index in [2.05, 4.69) is 57.1 Å². The van der Waals surface area contributed by atoms with Gasteiger partial charge in [0, 0.05) is 18.5 Å². The fourth-order valence-electron chi connectivity index (χ4n) is 9.66. The molecule has 0 spiro atoms. The van der Waals surface area contributed by atoms with Crippen molar-refractivity contribution in [2.24, 2.45) is 39.9 Å². The quantitative estimate of drug-likeness (QED) is 0.212. The van der Waals surface area contributed by atoms with Gasteiger partial charge < -0.3 is 25.6 Å². The number of fused-ring (bicyclic) bond motifs is 3. The van der Waals surface area contributed by atoms with Crippen LogP contribution in [0.5, 0.6) is 0 Å². The van der Waals surface area contributed by atoms with Crippen LogP contribution in [0.1, 0.15) is 106 Å². The number of carbonyl (C=O) groups excluding carboxylic acids is 5. The van der Waals surface area contributed by atoms with Crippen molar-refractivity contribution in [1.29, 1.82) is 0 Å². The van der Waals surface area contributed by atoms with Gasteiger partial charge in [-0.05, 0) is 73.0 Å². The molecule has 3 N–H and O–H groups in total. The van der Waals surface area contributed by atoms with Crippen LogP contribution in [0.2, 0.25) is 0 Å². The van der Waals surface area contributed by atoms with Crippen LogP contribution in [0.3, 0.4) is 0 Å². The van der Waals surface area contributed by atoms with E-state index in [9.17, 15) is 24.0 Å². The molecule has 5 fully saturated rings. The van der Waals surface area contributed by atoms with Crippen molar-refractivity contribution in [3.8, 4) is 0 Å². The number of nitrogens with zero attached hydrogens (tertiary/aromatic N) is 1. The van der Waals surface area contributed by atoms with Gasteiger partial charge in [0.2, 0.25) is 17.6 Å². The lowest BCUT2D eigenvalue weighted by Crippen LogP contribution is -2.60. The Morgan fingerprint density at radius 3 is 2.28 bits per heavy atom. The topological polar surface area (TPSA) is 134 Å². The fraction of sp³-hybridized carbons (Fsp3) is 0.806. The maximum atomic E-state index is 14.5. The van der Waals surface area contributed by atoms with Gasteiger partial charge in [-0.25, -0.2) is 4.79 Å². The van der Waals surface area contributed by atoms with E-state index >= 15 is 0 Å². The molecule has 0 aromatic heterocycles. The highest BCUT2D eigenvalue weighted by molar-refractivity contribution is 6.38. The summed E-state index contributed by atoms with van der Waals surface area (Å²) >= 11 is 0. The summed E-state index contributed by atoms with van der Waals surface area (Å²) in [6, 6.07) is -2.57. The van der Waals surface area contributed by atoms with Crippen molar-refractivity contribution in [3.05, 3.63) is 12.7 Å². The first-order valence-electron chi connectivity index (χ1n) is 17.7. The predicted molar refractivity (Wildman–Crippen MR) is 174 cm³/mol. The maximum Gasteiger partial charge on any atom is 0.408 e. The van der Waals surface area contributed by atoms with E-state index in [0.717, 1.165) is 51.4 Å². The van der Waals surface area contributed by atoms with E-state index in [-0.39, 0.29) is 52.6 Å². The Balaban J connectivity index is 1.33. The first kappa shape index (κ1) is 34.4. The molecule has 0 radical (unpaired) electrons. The zero-order valence-electron chi connectivity index (χ0n) is 28.8. The summed E-state index contributed by atoms with van der Waals surface area (Å²) in [6.45, 7) is 17.0.